The van der Waals surface area contributed by atoms with Gasteiger partial charge in [-0.1, -0.05) is 36.4 Å². The van der Waals surface area contributed by atoms with Crippen LogP contribution in [0.2, 0.25) is 0 Å². The van der Waals surface area contributed by atoms with Crippen LogP contribution >= 0.6 is 0 Å². The predicted octanol–water partition coefficient (Wildman–Crippen LogP) is 2.75. The van der Waals surface area contributed by atoms with Crippen LogP contribution in [0.1, 0.15) is 32.6 Å². The highest BCUT2D eigenvalue weighted by atomic mass is 19.4. The maximum atomic E-state index is 14.2. The lowest BCUT2D eigenvalue weighted by Crippen LogP contribution is -2.46. The van der Waals surface area contributed by atoms with Crippen molar-refractivity contribution in [2.24, 2.45) is 10.7 Å². The molecule has 2 aliphatic heterocycles. The third-order valence-electron chi connectivity index (χ3n) is 8.86. The molecule has 3 heterocycles. The molecule has 0 radical (unpaired) electrons. The summed E-state index contributed by atoms with van der Waals surface area (Å²) >= 11 is 0. The summed E-state index contributed by atoms with van der Waals surface area (Å²) in [7, 11) is 1.61. The zero-order chi connectivity index (χ0) is 35.0. The lowest BCUT2D eigenvalue weighted by atomic mass is 9.97. The van der Waals surface area contributed by atoms with Crippen molar-refractivity contribution in [3.8, 4) is 11.1 Å². The second-order valence-corrected chi connectivity index (χ2v) is 12.2. The van der Waals surface area contributed by atoms with Gasteiger partial charge in [-0.3, -0.25) is 19.6 Å². The fraction of sp³-hybridized carbons (Fsp3) is 0.400. The first-order valence-electron chi connectivity index (χ1n) is 16.2. The third kappa shape index (κ3) is 9.22. The molecule has 7 N–H and O–H groups in total. The lowest BCUT2D eigenvalue weighted by molar-refractivity contribution is -0.138. The number of nitrogens with one attached hydrogen (secondary N) is 2. The van der Waals surface area contributed by atoms with E-state index in [9.17, 15) is 18.0 Å². The number of nitrogens with zero attached hydrogens (tertiary/aromatic N) is 4. The number of nitrogens with two attached hydrogens (primary N) is 2. The number of pyridine rings is 1. The number of rotatable bonds is 12. The third-order valence-corrected chi connectivity index (χ3v) is 8.86. The summed E-state index contributed by atoms with van der Waals surface area (Å²) in [5, 5.41) is 15.4. The summed E-state index contributed by atoms with van der Waals surface area (Å²) < 4.78 is 48.7. The number of halogens is 3. The van der Waals surface area contributed by atoms with Gasteiger partial charge in [0.25, 0.3) is 5.91 Å². The molecule has 2 aromatic carbocycles. The Morgan fingerprint density at radius 2 is 1.82 bits per heavy atom. The predicted molar refractivity (Wildman–Crippen MR) is 184 cm³/mol. The molecule has 2 fully saturated rings. The van der Waals surface area contributed by atoms with Crippen molar-refractivity contribution in [2.75, 3.05) is 65.2 Å². The summed E-state index contributed by atoms with van der Waals surface area (Å²) in [6, 6.07) is 13.1. The Kier molecular flexibility index (Phi) is 12.0. The first kappa shape index (κ1) is 36.0. The number of anilines is 1. The Labute approximate surface area is 283 Å². The van der Waals surface area contributed by atoms with Gasteiger partial charge in [-0.15, -0.1) is 0 Å². The smallest absolute Gasteiger partial charge is 0.404 e. The first-order valence-corrected chi connectivity index (χ1v) is 16.2. The standard InChI is InChI=1S/C35H43F3N8O3/c1-41-17-28(16-39)27-14-29(33(40)43-18-27)34(48)44-31-19-42-20-32(31)49-22-23-2-4-24(5-3-23)25-6-7-26(30(15-25)35(36,37)38)21-46-10-8-45(9-11-46)12-13-47/h2-7,14-18,31-32,42,47H,8-13,19-22,39H2,1H3,(H2,40,43)(H,44,48). The van der Waals surface area contributed by atoms with Crippen LogP contribution in [-0.4, -0.2) is 104 Å². The summed E-state index contributed by atoms with van der Waals surface area (Å²) in [6.45, 7) is 4.86. The Balaban J connectivity index is 1.20. The highest BCUT2D eigenvalue weighted by molar-refractivity contribution is 6.10. The van der Waals surface area contributed by atoms with Gasteiger partial charge in [-0.2, -0.15) is 13.2 Å². The number of aliphatic imine (C=N–C) groups is 1. The molecule has 11 nitrogen and oxygen atoms in total. The summed E-state index contributed by atoms with van der Waals surface area (Å²) in [5.74, 6) is -0.312. The number of benzene rings is 2. The van der Waals surface area contributed by atoms with Crippen molar-refractivity contribution in [3.05, 3.63) is 88.7 Å². The molecule has 5 rings (SSSR count). The van der Waals surface area contributed by atoms with Crippen LogP contribution in [0.3, 0.4) is 0 Å². The number of alkyl halides is 3. The molecule has 0 aliphatic carbocycles. The van der Waals surface area contributed by atoms with E-state index in [4.69, 9.17) is 21.3 Å². The molecular formula is C35H43F3N8O3. The van der Waals surface area contributed by atoms with Gasteiger partial charge < -0.3 is 31.9 Å². The number of piperazine rings is 1. The SMILES string of the molecule is CN=CC(=CN)c1cnc(N)c(C(=O)NC2CNCC2OCc2ccc(-c3ccc(CN4CCN(CCO)CC4)c(C(F)(F)F)c3)cc2)c1. The average Bonchev–Trinajstić information content (AvgIpc) is 3.54. The van der Waals surface area contributed by atoms with Crippen molar-refractivity contribution in [1.82, 2.24) is 25.4 Å². The zero-order valence-corrected chi connectivity index (χ0v) is 27.4. The molecule has 0 bridgehead atoms. The average molecular weight is 681 g/mol. The van der Waals surface area contributed by atoms with Gasteiger partial charge in [0.2, 0.25) is 0 Å². The van der Waals surface area contributed by atoms with Crippen LogP contribution in [-0.2, 0) is 24.1 Å². The molecule has 3 aromatic rings. The minimum absolute atomic E-state index is 0.0716. The Morgan fingerprint density at radius 1 is 1.10 bits per heavy atom. The maximum absolute atomic E-state index is 14.2. The molecule has 262 valence electrons. The number of amides is 1. The van der Waals surface area contributed by atoms with Crippen LogP contribution in [0.5, 0.6) is 0 Å². The van der Waals surface area contributed by atoms with Gasteiger partial charge >= 0.3 is 6.18 Å². The van der Waals surface area contributed by atoms with Crippen molar-refractivity contribution >= 4 is 23.5 Å². The van der Waals surface area contributed by atoms with E-state index >= 15 is 0 Å². The highest BCUT2D eigenvalue weighted by Crippen LogP contribution is 2.36. The minimum atomic E-state index is -4.49. The number of hydrogen-bond acceptors (Lipinski definition) is 10. The maximum Gasteiger partial charge on any atom is 0.416 e. The number of ether oxygens (including phenoxy) is 1. The summed E-state index contributed by atoms with van der Waals surface area (Å²) in [4.78, 5) is 25.4. The molecule has 49 heavy (non-hydrogen) atoms. The lowest BCUT2D eigenvalue weighted by Gasteiger charge is -2.34. The molecule has 1 amide bonds. The second kappa shape index (κ2) is 16.4. The highest BCUT2D eigenvalue weighted by Gasteiger charge is 2.34. The number of hydrogen-bond donors (Lipinski definition) is 5. The van der Waals surface area contributed by atoms with Crippen LogP contribution in [0.25, 0.3) is 16.7 Å². The summed E-state index contributed by atoms with van der Waals surface area (Å²) in [6.07, 6.45) is -0.351. The van der Waals surface area contributed by atoms with Crippen molar-refractivity contribution in [2.45, 2.75) is 31.5 Å². The van der Waals surface area contributed by atoms with Gasteiger partial charge in [0, 0.05) is 89.2 Å². The van der Waals surface area contributed by atoms with Gasteiger partial charge in [0.05, 0.1) is 36.5 Å². The van der Waals surface area contributed by atoms with E-state index < -0.39 is 17.6 Å². The van der Waals surface area contributed by atoms with E-state index in [2.05, 4.69) is 25.5 Å². The molecule has 0 saturated carbocycles. The number of aromatic nitrogens is 1. The molecule has 1 aromatic heterocycles. The van der Waals surface area contributed by atoms with E-state index in [-0.39, 0.29) is 48.8 Å². The fourth-order valence-corrected chi connectivity index (χ4v) is 6.10. The molecule has 14 heteroatoms. The molecule has 2 atom stereocenters. The van der Waals surface area contributed by atoms with Crippen LogP contribution in [0, 0.1) is 0 Å². The number of nitrogen functional groups attached to an aromatic ring is 1. The topological polar surface area (TPSA) is 154 Å². The van der Waals surface area contributed by atoms with Crippen LogP contribution in [0.15, 0.2) is 65.9 Å². The van der Waals surface area contributed by atoms with E-state index in [1.165, 1.54) is 18.5 Å². The monoisotopic (exact) mass is 680 g/mol. The first-order chi connectivity index (χ1) is 23.6. The zero-order valence-electron chi connectivity index (χ0n) is 27.4. The van der Waals surface area contributed by atoms with E-state index in [1.54, 1.807) is 43.6 Å². The van der Waals surface area contributed by atoms with Crippen molar-refractivity contribution in [3.63, 3.8) is 0 Å². The minimum Gasteiger partial charge on any atom is -0.404 e. The molecule has 2 aliphatic rings. The number of carbonyl (C=O) groups excluding carboxylic acids is 1. The van der Waals surface area contributed by atoms with Crippen molar-refractivity contribution < 1.29 is 27.8 Å². The Morgan fingerprint density at radius 3 is 2.49 bits per heavy atom. The normalized spacial score (nSPS) is 19.5. The second-order valence-electron chi connectivity index (χ2n) is 12.2. The number of β-amino-alcohol motifs (C(OH)–C–C–N with tert-alkyl or cyclic N) is 1. The molecule has 2 unspecified atom stereocenters. The van der Waals surface area contributed by atoms with Gasteiger partial charge in [0.15, 0.2) is 0 Å². The van der Waals surface area contributed by atoms with Crippen LogP contribution in [0.4, 0.5) is 19.0 Å². The number of aliphatic hydroxyl groups excluding tert-OH is 1. The van der Waals surface area contributed by atoms with Crippen molar-refractivity contribution in [1.29, 1.82) is 0 Å². The number of allylic oxidation sites excluding steroid dienone is 1. The van der Waals surface area contributed by atoms with Gasteiger partial charge in [-0.25, -0.2) is 4.98 Å². The molecule has 0 spiro atoms. The Bertz CT molecular complexity index is 1640. The number of aliphatic hydroxyl groups is 1. The quantitative estimate of drug-likeness (QED) is 0.182. The largest absolute Gasteiger partial charge is 0.416 e. The van der Waals surface area contributed by atoms with E-state index in [1.807, 2.05) is 17.0 Å². The van der Waals surface area contributed by atoms with Crippen LogP contribution < -0.4 is 22.1 Å². The Hall–Kier alpha value is -4.34. The molecular weight excluding hydrogens is 637 g/mol. The van der Waals surface area contributed by atoms with Gasteiger partial charge in [-0.05, 0) is 34.4 Å². The van der Waals surface area contributed by atoms with E-state index in [0.717, 1.165) is 5.56 Å². The summed E-state index contributed by atoms with van der Waals surface area (Å²) in [5.41, 5.74) is 14.7. The number of carbonyl (C=O) groups is 1. The fourth-order valence-electron chi connectivity index (χ4n) is 6.10. The van der Waals surface area contributed by atoms with E-state index in [0.29, 0.717) is 68.1 Å². The molecule has 2 saturated heterocycles. The van der Waals surface area contributed by atoms with Gasteiger partial charge in [0.1, 0.15) is 5.82 Å².